The molecule has 0 aliphatic rings. The Labute approximate surface area is 127 Å². The van der Waals surface area contributed by atoms with Crippen LogP contribution in [-0.2, 0) is 6.42 Å². The fourth-order valence-electron chi connectivity index (χ4n) is 1.87. The molecule has 1 atom stereocenters. The van der Waals surface area contributed by atoms with Crippen LogP contribution < -0.4 is 5.32 Å². The van der Waals surface area contributed by atoms with Gasteiger partial charge in [-0.15, -0.1) is 11.6 Å². The van der Waals surface area contributed by atoms with Gasteiger partial charge in [0.1, 0.15) is 5.82 Å². The van der Waals surface area contributed by atoms with E-state index >= 15 is 0 Å². The smallest absolute Gasteiger partial charge is 0.126 e. The van der Waals surface area contributed by atoms with Crippen molar-refractivity contribution in [2.45, 2.75) is 19.4 Å². The molecule has 1 N–H and O–H groups in total. The van der Waals surface area contributed by atoms with Crippen LogP contribution in [0.3, 0.4) is 0 Å². The summed E-state index contributed by atoms with van der Waals surface area (Å²) in [5.74, 6) is 1.41. The molecule has 100 valence electrons. The summed E-state index contributed by atoms with van der Waals surface area (Å²) < 4.78 is 1.02. The third kappa shape index (κ3) is 4.22. The predicted octanol–water partition coefficient (Wildman–Crippen LogP) is 4.41. The van der Waals surface area contributed by atoms with Gasteiger partial charge in [0, 0.05) is 22.6 Å². The minimum Gasteiger partial charge on any atom is -0.366 e. The molecule has 0 aliphatic carbocycles. The molecule has 0 aliphatic heterocycles. The Morgan fingerprint density at radius 1 is 1.32 bits per heavy atom. The number of halogens is 2. The molecule has 2 nitrogen and oxygen atoms in total. The van der Waals surface area contributed by atoms with Crippen LogP contribution in [0.15, 0.2) is 47.1 Å². The van der Waals surface area contributed by atoms with Crippen molar-refractivity contribution in [1.82, 2.24) is 4.98 Å². The Hall–Kier alpha value is -1.06. The molecule has 0 bridgehead atoms. The zero-order chi connectivity index (χ0) is 13.7. The van der Waals surface area contributed by atoms with Gasteiger partial charge in [-0.3, -0.25) is 0 Å². The van der Waals surface area contributed by atoms with Gasteiger partial charge in [0.2, 0.25) is 0 Å². The van der Waals surface area contributed by atoms with Crippen LogP contribution >= 0.6 is 27.5 Å². The second-order valence-electron chi connectivity index (χ2n) is 4.50. The quantitative estimate of drug-likeness (QED) is 0.816. The number of hydrogen-bond donors (Lipinski definition) is 1. The number of anilines is 1. The monoisotopic (exact) mass is 338 g/mol. The summed E-state index contributed by atoms with van der Waals surface area (Å²) in [7, 11) is 0. The molecule has 0 saturated heterocycles. The standard InChI is InChI=1S/C15H16BrClN2/c1-11-7-15(18-10-14(11)16)19-13(9-17)8-12-5-3-2-4-6-12/h2-7,10,13H,8-9H2,1H3,(H,18,19). The maximum Gasteiger partial charge on any atom is 0.126 e. The summed E-state index contributed by atoms with van der Waals surface area (Å²) in [4.78, 5) is 4.35. The number of rotatable bonds is 5. The Bertz CT molecular complexity index is 531. The molecule has 2 rings (SSSR count). The molecule has 0 fully saturated rings. The van der Waals surface area contributed by atoms with Gasteiger partial charge in [-0.25, -0.2) is 4.98 Å². The normalized spacial score (nSPS) is 12.2. The molecule has 1 unspecified atom stereocenters. The number of benzene rings is 1. The van der Waals surface area contributed by atoms with Crippen molar-refractivity contribution in [1.29, 1.82) is 0 Å². The summed E-state index contributed by atoms with van der Waals surface area (Å²) >= 11 is 9.49. The highest BCUT2D eigenvalue weighted by Crippen LogP contribution is 2.18. The molecule has 2 aromatic rings. The van der Waals surface area contributed by atoms with E-state index in [1.165, 1.54) is 5.56 Å². The number of nitrogens with zero attached hydrogens (tertiary/aromatic N) is 1. The van der Waals surface area contributed by atoms with Gasteiger partial charge in [-0.2, -0.15) is 0 Å². The van der Waals surface area contributed by atoms with E-state index in [2.05, 4.69) is 38.4 Å². The molecule has 1 heterocycles. The van der Waals surface area contributed by atoms with Crippen LogP contribution in [0.25, 0.3) is 0 Å². The Morgan fingerprint density at radius 3 is 2.68 bits per heavy atom. The molecule has 0 spiro atoms. The highest BCUT2D eigenvalue weighted by molar-refractivity contribution is 9.10. The SMILES string of the molecule is Cc1cc(NC(CCl)Cc2ccccc2)ncc1Br. The summed E-state index contributed by atoms with van der Waals surface area (Å²) in [6.45, 7) is 2.05. The Balaban J connectivity index is 2.04. The molecule has 1 aromatic carbocycles. The van der Waals surface area contributed by atoms with Gasteiger partial charge in [0.15, 0.2) is 0 Å². The van der Waals surface area contributed by atoms with E-state index in [-0.39, 0.29) is 6.04 Å². The summed E-state index contributed by atoms with van der Waals surface area (Å²) in [5.41, 5.74) is 2.43. The van der Waals surface area contributed by atoms with Gasteiger partial charge >= 0.3 is 0 Å². The predicted molar refractivity (Wildman–Crippen MR) is 85.0 cm³/mol. The minimum atomic E-state index is 0.178. The first-order valence-electron chi connectivity index (χ1n) is 6.17. The fourth-order valence-corrected chi connectivity index (χ4v) is 2.27. The molecule has 0 saturated carbocycles. The second-order valence-corrected chi connectivity index (χ2v) is 5.67. The second kappa shape index (κ2) is 6.92. The lowest BCUT2D eigenvalue weighted by molar-refractivity contribution is 0.791. The van der Waals surface area contributed by atoms with Gasteiger partial charge in [0.05, 0.1) is 0 Å². The van der Waals surface area contributed by atoms with E-state index in [1.54, 1.807) is 0 Å². The number of aryl methyl sites for hydroxylation is 1. The van der Waals surface area contributed by atoms with E-state index in [1.807, 2.05) is 37.4 Å². The van der Waals surface area contributed by atoms with Crippen LogP contribution in [0.4, 0.5) is 5.82 Å². The van der Waals surface area contributed by atoms with Crippen molar-refractivity contribution in [2.75, 3.05) is 11.2 Å². The van der Waals surface area contributed by atoms with Crippen molar-refractivity contribution in [3.63, 3.8) is 0 Å². The third-order valence-corrected chi connectivity index (χ3v) is 4.11. The lowest BCUT2D eigenvalue weighted by Crippen LogP contribution is -2.24. The molecule has 1 aromatic heterocycles. The molecular formula is C15H16BrClN2. The van der Waals surface area contributed by atoms with Crippen molar-refractivity contribution >= 4 is 33.3 Å². The average molecular weight is 340 g/mol. The lowest BCUT2D eigenvalue weighted by atomic mass is 10.1. The van der Waals surface area contributed by atoms with Crippen molar-refractivity contribution in [3.8, 4) is 0 Å². The molecule has 0 amide bonds. The summed E-state index contributed by atoms with van der Waals surface area (Å²) in [6.07, 6.45) is 2.70. The van der Waals surface area contributed by atoms with E-state index < -0.39 is 0 Å². The maximum atomic E-state index is 6.04. The van der Waals surface area contributed by atoms with Gasteiger partial charge in [-0.1, -0.05) is 30.3 Å². The minimum absolute atomic E-state index is 0.178. The summed E-state index contributed by atoms with van der Waals surface area (Å²) in [5, 5.41) is 3.38. The zero-order valence-corrected chi connectivity index (χ0v) is 13.1. The highest BCUT2D eigenvalue weighted by atomic mass is 79.9. The number of nitrogens with one attached hydrogen (secondary N) is 1. The van der Waals surface area contributed by atoms with E-state index in [0.29, 0.717) is 5.88 Å². The van der Waals surface area contributed by atoms with Crippen LogP contribution in [0.2, 0.25) is 0 Å². The van der Waals surface area contributed by atoms with E-state index in [0.717, 1.165) is 22.3 Å². The molecular weight excluding hydrogens is 324 g/mol. The molecule has 19 heavy (non-hydrogen) atoms. The van der Waals surface area contributed by atoms with E-state index in [4.69, 9.17) is 11.6 Å². The van der Waals surface area contributed by atoms with Gasteiger partial charge in [-0.05, 0) is 46.5 Å². The van der Waals surface area contributed by atoms with Crippen LogP contribution in [0.5, 0.6) is 0 Å². The number of aromatic nitrogens is 1. The fraction of sp³-hybridized carbons (Fsp3) is 0.267. The van der Waals surface area contributed by atoms with Crippen molar-refractivity contribution in [3.05, 3.63) is 58.2 Å². The number of alkyl halides is 1. The zero-order valence-electron chi connectivity index (χ0n) is 10.7. The largest absolute Gasteiger partial charge is 0.366 e. The maximum absolute atomic E-state index is 6.04. The van der Waals surface area contributed by atoms with E-state index in [9.17, 15) is 0 Å². The first kappa shape index (κ1) is 14.4. The molecule has 4 heteroatoms. The van der Waals surface area contributed by atoms with Crippen LogP contribution in [-0.4, -0.2) is 16.9 Å². The first-order valence-corrected chi connectivity index (χ1v) is 7.50. The van der Waals surface area contributed by atoms with Crippen molar-refractivity contribution < 1.29 is 0 Å². The first-order chi connectivity index (χ1) is 9.19. The highest BCUT2D eigenvalue weighted by Gasteiger charge is 2.09. The average Bonchev–Trinajstić information content (AvgIpc) is 2.43. The van der Waals surface area contributed by atoms with Gasteiger partial charge < -0.3 is 5.32 Å². The number of hydrogen-bond acceptors (Lipinski definition) is 2. The topological polar surface area (TPSA) is 24.9 Å². The lowest BCUT2D eigenvalue weighted by Gasteiger charge is -2.17. The van der Waals surface area contributed by atoms with Crippen LogP contribution in [0, 0.1) is 6.92 Å². The molecule has 0 radical (unpaired) electrons. The number of pyridine rings is 1. The van der Waals surface area contributed by atoms with Crippen molar-refractivity contribution in [2.24, 2.45) is 0 Å². The summed E-state index contributed by atoms with van der Waals surface area (Å²) in [6, 6.07) is 12.5. The van der Waals surface area contributed by atoms with Crippen LogP contribution in [0.1, 0.15) is 11.1 Å². The Morgan fingerprint density at radius 2 is 2.05 bits per heavy atom. The van der Waals surface area contributed by atoms with Gasteiger partial charge in [0.25, 0.3) is 0 Å². The third-order valence-electron chi connectivity index (χ3n) is 2.91. The Kier molecular flexibility index (Phi) is 5.23.